The molecule has 0 fully saturated rings. The molecule has 2 aromatic rings. The average molecular weight is 205 g/mol. The van der Waals surface area contributed by atoms with Gasteiger partial charge in [0.25, 0.3) is 5.56 Å². The maximum Gasteiger partial charge on any atom is 0.283 e. The predicted octanol–water partition coefficient (Wildman–Crippen LogP) is -0.918. The zero-order chi connectivity index (χ0) is 10.6. The van der Waals surface area contributed by atoms with Gasteiger partial charge in [0.1, 0.15) is 6.54 Å². The van der Waals surface area contributed by atoms with Gasteiger partial charge in [-0.2, -0.15) is 4.98 Å². The van der Waals surface area contributed by atoms with Crippen LogP contribution in [-0.4, -0.2) is 25.0 Å². The van der Waals surface area contributed by atoms with Gasteiger partial charge in [0.05, 0.1) is 6.33 Å². The number of carbonyl (C=O) groups is 1. The highest BCUT2D eigenvalue weighted by Gasteiger charge is 2.22. The van der Waals surface area contributed by atoms with Gasteiger partial charge >= 0.3 is 0 Å². The summed E-state index contributed by atoms with van der Waals surface area (Å²) in [4.78, 5) is 31.0. The van der Waals surface area contributed by atoms with Gasteiger partial charge in [0.2, 0.25) is 11.9 Å². The van der Waals surface area contributed by atoms with Gasteiger partial charge in [-0.05, 0) is 0 Å². The number of amides is 1. The standard InChI is InChI=1S/C8H7N5O2/c1-12-3-9-5-6(12)11-8-10-4(14)2-13(8)7(5)15/h3H,2H2,1H3,(H,10,11,14). The lowest BCUT2D eigenvalue weighted by Gasteiger charge is -1.99. The van der Waals surface area contributed by atoms with Crippen LogP contribution >= 0.6 is 0 Å². The number of hydrogen-bond donors (Lipinski definition) is 1. The molecule has 7 nitrogen and oxygen atoms in total. The number of aryl methyl sites for hydroxylation is 1. The summed E-state index contributed by atoms with van der Waals surface area (Å²) in [5.41, 5.74) is 0.486. The highest BCUT2D eigenvalue weighted by molar-refractivity contribution is 5.93. The van der Waals surface area contributed by atoms with E-state index in [0.717, 1.165) is 0 Å². The van der Waals surface area contributed by atoms with Crippen LogP contribution in [0.4, 0.5) is 5.95 Å². The SMILES string of the molecule is Cn1cnc2c(=O)n3c(nc21)NC(=O)C3. The fourth-order valence-corrected chi connectivity index (χ4v) is 1.64. The third-order valence-corrected chi connectivity index (χ3v) is 2.37. The van der Waals surface area contributed by atoms with Crippen molar-refractivity contribution < 1.29 is 4.79 Å². The zero-order valence-corrected chi connectivity index (χ0v) is 7.89. The van der Waals surface area contributed by atoms with E-state index in [9.17, 15) is 9.59 Å². The molecule has 0 radical (unpaired) electrons. The molecular formula is C8H7N5O2. The van der Waals surface area contributed by atoms with Crippen molar-refractivity contribution in [1.29, 1.82) is 0 Å². The van der Waals surface area contributed by atoms with Crippen molar-refractivity contribution in [3.63, 3.8) is 0 Å². The number of imidazole rings is 1. The van der Waals surface area contributed by atoms with Crippen LogP contribution in [0.5, 0.6) is 0 Å². The van der Waals surface area contributed by atoms with Crippen molar-refractivity contribution in [3.05, 3.63) is 16.7 Å². The lowest BCUT2D eigenvalue weighted by Crippen LogP contribution is -2.19. The van der Waals surface area contributed by atoms with Gasteiger partial charge in [-0.25, -0.2) is 4.98 Å². The molecule has 76 valence electrons. The summed E-state index contributed by atoms with van der Waals surface area (Å²) < 4.78 is 2.93. The molecule has 3 rings (SSSR count). The summed E-state index contributed by atoms with van der Waals surface area (Å²) in [5.74, 6) is 0.0657. The molecule has 1 aliphatic rings. The molecule has 1 N–H and O–H groups in total. The van der Waals surface area contributed by atoms with Crippen molar-refractivity contribution in [2.24, 2.45) is 7.05 Å². The van der Waals surface area contributed by atoms with Crippen LogP contribution in [0.3, 0.4) is 0 Å². The Morgan fingerprint density at radius 3 is 3.07 bits per heavy atom. The Bertz CT molecular complexity index is 638. The van der Waals surface area contributed by atoms with E-state index in [2.05, 4.69) is 15.3 Å². The monoisotopic (exact) mass is 205 g/mol. The Labute approximate surface area is 83.4 Å². The molecule has 2 aromatic heterocycles. The van der Waals surface area contributed by atoms with E-state index in [-0.39, 0.29) is 23.5 Å². The van der Waals surface area contributed by atoms with Crippen LogP contribution in [0.2, 0.25) is 0 Å². The van der Waals surface area contributed by atoms with E-state index in [1.807, 2.05) is 0 Å². The maximum atomic E-state index is 11.8. The normalized spacial score (nSPS) is 14.3. The lowest BCUT2D eigenvalue weighted by molar-refractivity contribution is -0.115. The molecule has 3 heterocycles. The maximum absolute atomic E-state index is 11.8. The van der Waals surface area contributed by atoms with E-state index in [0.29, 0.717) is 11.6 Å². The van der Waals surface area contributed by atoms with E-state index in [1.54, 1.807) is 11.6 Å². The molecule has 0 spiro atoms. The number of carbonyl (C=O) groups excluding carboxylic acids is 1. The molecular weight excluding hydrogens is 198 g/mol. The van der Waals surface area contributed by atoms with Gasteiger partial charge < -0.3 is 4.57 Å². The van der Waals surface area contributed by atoms with Gasteiger partial charge in [-0.1, -0.05) is 0 Å². The van der Waals surface area contributed by atoms with E-state index >= 15 is 0 Å². The number of rotatable bonds is 0. The summed E-state index contributed by atoms with van der Waals surface area (Å²) >= 11 is 0. The highest BCUT2D eigenvalue weighted by atomic mass is 16.2. The first-order valence-corrected chi connectivity index (χ1v) is 4.38. The Kier molecular flexibility index (Phi) is 1.33. The van der Waals surface area contributed by atoms with Crippen LogP contribution in [0.15, 0.2) is 11.1 Å². The molecule has 1 aliphatic heterocycles. The van der Waals surface area contributed by atoms with E-state index in [1.165, 1.54) is 10.9 Å². The first kappa shape index (κ1) is 8.16. The minimum Gasteiger partial charge on any atom is -0.318 e. The first-order valence-electron chi connectivity index (χ1n) is 4.38. The number of anilines is 1. The van der Waals surface area contributed by atoms with Crippen LogP contribution < -0.4 is 10.9 Å². The summed E-state index contributed by atoms with van der Waals surface area (Å²) in [6.07, 6.45) is 1.52. The fraction of sp³-hybridized carbons (Fsp3) is 0.250. The molecule has 0 atom stereocenters. The number of aromatic nitrogens is 4. The minimum absolute atomic E-state index is 0.0215. The Morgan fingerprint density at radius 2 is 2.27 bits per heavy atom. The highest BCUT2D eigenvalue weighted by Crippen LogP contribution is 2.13. The number of nitrogens with zero attached hydrogens (tertiary/aromatic N) is 4. The largest absolute Gasteiger partial charge is 0.318 e. The third-order valence-electron chi connectivity index (χ3n) is 2.37. The molecule has 0 bridgehead atoms. The van der Waals surface area contributed by atoms with Crippen molar-refractivity contribution in [1.82, 2.24) is 19.1 Å². The van der Waals surface area contributed by atoms with Gasteiger partial charge in [0, 0.05) is 7.05 Å². The van der Waals surface area contributed by atoms with Crippen molar-refractivity contribution in [2.45, 2.75) is 6.54 Å². The van der Waals surface area contributed by atoms with Crippen LogP contribution in [0.25, 0.3) is 11.2 Å². The Hall–Kier alpha value is -2.18. The number of hydrogen-bond acceptors (Lipinski definition) is 4. The molecule has 0 aromatic carbocycles. The first-order chi connectivity index (χ1) is 7.16. The van der Waals surface area contributed by atoms with Gasteiger partial charge in [-0.15, -0.1) is 0 Å². The summed E-state index contributed by atoms with van der Waals surface area (Å²) in [6, 6.07) is 0. The van der Waals surface area contributed by atoms with Crippen molar-refractivity contribution in [2.75, 3.05) is 5.32 Å². The average Bonchev–Trinajstić information content (AvgIpc) is 2.72. The molecule has 15 heavy (non-hydrogen) atoms. The quantitative estimate of drug-likeness (QED) is 0.603. The fourth-order valence-electron chi connectivity index (χ4n) is 1.64. The smallest absolute Gasteiger partial charge is 0.283 e. The van der Waals surface area contributed by atoms with E-state index < -0.39 is 0 Å². The molecule has 7 heteroatoms. The minimum atomic E-state index is -0.283. The van der Waals surface area contributed by atoms with Gasteiger partial charge in [0.15, 0.2) is 11.2 Å². The number of fused-ring (bicyclic) bond motifs is 2. The second-order valence-corrected chi connectivity index (χ2v) is 3.40. The lowest BCUT2D eigenvalue weighted by atomic mass is 10.5. The second-order valence-electron chi connectivity index (χ2n) is 3.40. The van der Waals surface area contributed by atoms with Crippen LogP contribution in [0.1, 0.15) is 0 Å². The Morgan fingerprint density at radius 1 is 1.47 bits per heavy atom. The molecule has 0 saturated heterocycles. The van der Waals surface area contributed by atoms with Crippen LogP contribution in [0, 0.1) is 0 Å². The Balaban J connectivity index is 2.46. The van der Waals surface area contributed by atoms with Gasteiger partial charge in [-0.3, -0.25) is 19.5 Å². The van der Waals surface area contributed by atoms with Crippen molar-refractivity contribution >= 4 is 23.0 Å². The number of nitrogens with one attached hydrogen (secondary N) is 1. The second kappa shape index (κ2) is 2.44. The van der Waals surface area contributed by atoms with Crippen LogP contribution in [-0.2, 0) is 18.4 Å². The molecule has 0 aliphatic carbocycles. The van der Waals surface area contributed by atoms with Crippen molar-refractivity contribution in [3.8, 4) is 0 Å². The topological polar surface area (TPSA) is 81.8 Å². The summed E-state index contributed by atoms with van der Waals surface area (Å²) in [5, 5.41) is 2.52. The summed E-state index contributed by atoms with van der Waals surface area (Å²) in [7, 11) is 1.75. The predicted molar refractivity (Wildman–Crippen MR) is 51.4 cm³/mol. The third kappa shape index (κ3) is 0.940. The molecule has 1 amide bonds. The summed E-state index contributed by atoms with van der Waals surface area (Å²) in [6.45, 7) is 0.0215. The zero-order valence-electron chi connectivity index (χ0n) is 7.89. The molecule has 0 unspecified atom stereocenters. The van der Waals surface area contributed by atoms with E-state index in [4.69, 9.17) is 0 Å². The molecule has 0 saturated carbocycles.